The molecule has 1 heterocycles. The van der Waals surface area contributed by atoms with Crippen LogP contribution in [0.15, 0.2) is 22.7 Å². The fraction of sp³-hybridized carbons (Fsp3) is 0.600. The highest BCUT2D eigenvalue weighted by molar-refractivity contribution is 9.10. The number of aliphatic hydroxyl groups is 1. The molecule has 1 aliphatic heterocycles. The van der Waals surface area contributed by atoms with Crippen LogP contribution in [-0.4, -0.2) is 34.7 Å². The van der Waals surface area contributed by atoms with Gasteiger partial charge in [-0.3, -0.25) is 0 Å². The van der Waals surface area contributed by atoms with Gasteiger partial charge in [-0.15, -0.1) is 0 Å². The molecular formula is C15H21BrFNO. The maximum absolute atomic E-state index is 13.2. The van der Waals surface area contributed by atoms with Crippen LogP contribution in [-0.2, 0) is 6.42 Å². The summed E-state index contributed by atoms with van der Waals surface area (Å²) in [5, 5.41) is 10.6. The van der Waals surface area contributed by atoms with Crippen LogP contribution in [0.5, 0.6) is 0 Å². The Morgan fingerprint density at radius 2 is 2.00 bits per heavy atom. The molecule has 4 heteroatoms. The molecule has 0 spiro atoms. The van der Waals surface area contributed by atoms with Crippen molar-refractivity contribution in [3.8, 4) is 0 Å². The van der Waals surface area contributed by atoms with E-state index in [1.807, 2.05) is 0 Å². The van der Waals surface area contributed by atoms with Gasteiger partial charge in [0.25, 0.3) is 0 Å². The lowest BCUT2D eigenvalue weighted by atomic mass is 9.85. The maximum atomic E-state index is 13.2. The van der Waals surface area contributed by atoms with Crippen LogP contribution in [0.2, 0.25) is 0 Å². The first-order chi connectivity index (χ1) is 8.89. The summed E-state index contributed by atoms with van der Waals surface area (Å²) in [6, 6.07) is 5.51. The van der Waals surface area contributed by atoms with Gasteiger partial charge in [-0.1, -0.05) is 6.07 Å². The number of likely N-dealkylation sites (tertiary alicyclic amines) is 1. The fourth-order valence-electron chi connectivity index (χ4n) is 2.66. The Labute approximate surface area is 122 Å². The summed E-state index contributed by atoms with van der Waals surface area (Å²) in [6.07, 6.45) is 2.15. The van der Waals surface area contributed by atoms with E-state index < -0.39 is 5.60 Å². The number of hydrogen-bond donors (Lipinski definition) is 1. The van der Waals surface area contributed by atoms with Gasteiger partial charge in [-0.2, -0.15) is 0 Å². The maximum Gasteiger partial charge on any atom is 0.137 e. The van der Waals surface area contributed by atoms with Crippen molar-refractivity contribution in [2.24, 2.45) is 0 Å². The molecule has 1 N–H and O–H groups in total. The Bertz CT molecular complexity index is 442. The highest BCUT2D eigenvalue weighted by Crippen LogP contribution is 2.28. The second kappa shape index (κ2) is 5.90. The molecule has 1 fully saturated rings. The summed E-state index contributed by atoms with van der Waals surface area (Å²) >= 11 is 3.19. The standard InChI is InChI=1S/C15H21BrFNO/c1-11(2)18-7-5-15(19,6-8-18)10-12-3-4-14(17)13(16)9-12/h3-4,9,11,19H,5-8,10H2,1-2H3. The largest absolute Gasteiger partial charge is 0.389 e. The van der Waals surface area contributed by atoms with Crippen LogP contribution in [0.4, 0.5) is 4.39 Å². The first kappa shape index (κ1) is 14.9. The Morgan fingerprint density at radius 3 is 2.53 bits per heavy atom. The van der Waals surface area contributed by atoms with E-state index in [0.29, 0.717) is 16.9 Å². The topological polar surface area (TPSA) is 23.5 Å². The van der Waals surface area contributed by atoms with E-state index >= 15 is 0 Å². The highest BCUT2D eigenvalue weighted by Gasteiger charge is 2.33. The zero-order valence-electron chi connectivity index (χ0n) is 11.5. The second-order valence-electron chi connectivity index (χ2n) is 5.78. The first-order valence-electron chi connectivity index (χ1n) is 6.80. The summed E-state index contributed by atoms with van der Waals surface area (Å²) < 4.78 is 13.7. The van der Waals surface area contributed by atoms with Crippen LogP contribution in [0.3, 0.4) is 0 Å². The molecule has 1 aliphatic rings. The van der Waals surface area contributed by atoms with Crippen LogP contribution < -0.4 is 0 Å². The molecule has 0 aliphatic carbocycles. The van der Waals surface area contributed by atoms with Crippen molar-refractivity contribution in [2.75, 3.05) is 13.1 Å². The average molecular weight is 330 g/mol. The molecule has 2 nitrogen and oxygen atoms in total. The summed E-state index contributed by atoms with van der Waals surface area (Å²) in [7, 11) is 0. The number of hydrogen-bond acceptors (Lipinski definition) is 2. The van der Waals surface area contributed by atoms with E-state index in [1.54, 1.807) is 12.1 Å². The molecule has 0 radical (unpaired) electrons. The molecule has 0 atom stereocenters. The smallest absolute Gasteiger partial charge is 0.137 e. The Morgan fingerprint density at radius 1 is 1.37 bits per heavy atom. The van der Waals surface area contributed by atoms with Gasteiger partial charge in [0.2, 0.25) is 0 Å². The van der Waals surface area contributed by atoms with E-state index in [2.05, 4.69) is 34.7 Å². The van der Waals surface area contributed by atoms with E-state index in [1.165, 1.54) is 6.07 Å². The lowest BCUT2D eigenvalue weighted by Crippen LogP contribution is -2.47. The molecule has 1 aromatic rings. The third-order valence-corrected chi connectivity index (χ3v) is 4.58. The second-order valence-corrected chi connectivity index (χ2v) is 6.63. The Hall–Kier alpha value is -0.450. The predicted molar refractivity (Wildman–Crippen MR) is 78.7 cm³/mol. The normalized spacial score (nSPS) is 19.9. The van der Waals surface area contributed by atoms with Crippen molar-refractivity contribution in [2.45, 2.75) is 44.8 Å². The first-order valence-corrected chi connectivity index (χ1v) is 7.59. The van der Waals surface area contributed by atoms with Crippen LogP contribution >= 0.6 is 15.9 Å². The molecule has 106 valence electrons. The molecule has 0 unspecified atom stereocenters. The van der Waals surface area contributed by atoms with Crippen molar-refractivity contribution < 1.29 is 9.50 Å². The summed E-state index contributed by atoms with van der Waals surface area (Å²) in [5.41, 5.74) is 0.330. The zero-order chi connectivity index (χ0) is 14.0. The van der Waals surface area contributed by atoms with Crippen LogP contribution in [0.1, 0.15) is 32.3 Å². The van der Waals surface area contributed by atoms with Crippen molar-refractivity contribution >= 4 is 15.9 Å². The molecule has 0 aromatic heterocycles. The fourth-order valence-corrected chi connectivity index (χ4v) is 3.09. The van der Waals surface area contributed by atoms with Gasteiger partial charge in [0.1, 0.15) is 5.82 Å². The van der Waals surface area contributed by atoms with Crippen molar-refractivity contribution in [1.29, 1.82) is 0 Å². The lowest BCUT2D eigenvalue weighted by Gasteiger charge is -2.40. The monoisotopic (exact) mass is 329 g/mol. The molecule has 1 saturated heterocycles. The van der Waals surface area contributed by atoms with Gasteiger partial charge in [0.05, 0.1) is 10.1 Å². The number of piperidine rings is 1. The van der Waals surface area contributed by atoms with Gasteiger partial charge < -0.3 is 10.0 Å². The Balaban J connectivity index is 2.00. The SMILES string of the molecule is CC(C)N1CCC(O)(Cc2ccc(F)c(Br)c2)CC1. The lowest BCUT2D eigenvalue weighted by molar-refractivity contribution is -0.0271. The Kier molecular flexibility index (Phi) is 4.64. The number of benzene rings is 1. The number of rotatable bonds is 3. The van der Waals surface area contributed by atoms with Gasteiger partial charge >= 0.3 is 0 Å². The van der Waals surface area contributed by atoms with Gasteiger partial charge in [0.15, 0.2) is 0 Å². The minimum absolute atomic E-state index is 0.259. The summed E-state index contributed by atoms with van der Waals surface area (Å²) in [4.78, 5) is 2.38. The van der Waals surface area contributed by atoms with Crippen molar-refractivity contribution in [3.05, 3.63) is 34.1 Å². The van der Waals surface area contributed by atoms with Gasteiger partial charge in [0, 0.05) is 25.6 Å². The van der Waals surface area contributed by atoms with Crippen molar-refractivity contribution in [1.82, 2.24) is 4.90 Å². The zero-order valence-corrected chi connectivity index (χ0v) is 13.1. The molecule has 19 heavy (non-hydrogen) atoms. The third kappa shape index (κ3) is 3.77. The van der Waals surface area contributed by atoms with E-state index in [4.69, 9.17) is 0 Å². The minimum atomic E-state index is -0.650. The third-order valence-electron chi connectivity index (χ3n) is 3.98. The quantitative estimate of drug-likeness (QED) is 0.919. The van der Waals surface area contributed by atoms with Crippen LogP contribution in [0.25, 0.3) is 0 Å². The molecule has 0 amide bonds. The molecular weight excluding hydrogens is 309 g/mol. The van der Waals surface area contributed by atoms with E-state index in [0.717, 1.165) is 31.5 Å². The molecule has 0 bridgehead atoms. The van der Waals surface area contributed by atoms with Crippen molar-refractivity contribution in [3.63, 3.8) is 0 Å². The average Bonchev–Trinajstić information content (AvgIpc) is 2.34. The number of halogens is 2. The summed E-state index contributed by atoms with van der Waals surface area (Å²) in [5.74, 6) is -0.259. The molecule has 0 saturated carbocycles. The molecule has 2 rings (SSSR count). The predicted octanol–water partition coefficient (Wildman–Crippen LogP) is 3.37. The highest BCUT2D eigenvalue weighted by atomic mass is 79.9. The van der Waals surface area contributed by atoms with Gasteiger partial charge in [-0.05, 0) is 60.3 Å². The minimum Gasteiger partial charge on any atom is -0.389 e. The van der Waals surface area contributed by atoms with E-state index in [9.17, 15) is 9.50 Å². The van der Waals surface area contributed by atoms with E-state index in [-0.39, 0.29) is 5.82 Å². The summed E-state index contributed by atoms with van der Waals surface area (Å²) in [6.45, 7) is 6.22. The number of nitrogens with zero attached hydrogens (tertiary/aromatic N) is 1. The molecule has 1 aromatic carbocycles. The van der Waals surface area contributed by atoms with Crippen LogP contribution in [0, 0.1) is 5.82 Å². The van der Waals surface area contributed by atoms with Gasteiger partial charge in [-0.25, -0.2) is 4.39 Å².